The van der Waals surface area contributed by atoms with Gasteiger partial charge in [0.25, 0.3) is 0 Å². The molecule has 0 bridgehead atoms. The molecule has 2 unspecified atom stereocenters. The smallest absolute Gasteiger partial charge is 0.336 e. The fraction of sp³-hybridized carbons (Fsp3) is 0.467. The second kappa shape index (κ2) is 7.04. The maximum Gasteiger partial charge on any atom is 0.336 e. The van der Waals surface area contributed by atoms with Gasteiger partial charge in [-0.1, -0.05) is 13.3 Å². The number of carbonyl (C=O) groups is 2. The third-order valence-corrected chi connectivity index (χ3v) is 4.56. The molecule has 3 N–H and O–H groups in total. The second-order valence-corrected chi connectivity index (χ2v) is 6.15. The van der Waals surface area contributed by atoms with Gasteiger partial charge in [0.1, 0.15) is 0 Å². The maximum absolute atomic E-state index is 12.3. The Kier molecular flexibility index (Phi) is 5.36. The predicted octanol–water partition coefficient (Wildman–Crippen LogP) is 2.86. The number of hydrogen-bond acceptors (Lipinski definition) is 3. The Balaban J connectivity index is 2.05. The van der Waals surface area contributed by atoms with Crippen molar-refractivity contribution in [1.82, 2.24) is 5.32 Å². The number of piperidine rings is 1. The SMILES string of the molecule is CCC1CCNC(C(=O)Nc2ccc(Br)c(C(=O)O)c2)C1. The zero-order valence-corrected chi connectivity index (χ0v) is 13.4. The Labute approximate surface area is 132 Å². The highest BCUT2D eigenvalue weighted by molar-refractivity contribution is 9.10. The predicted molar refractivity (Wildman–Crippen MR) is 84.5 cm³/mol. The molecule has 0 saturated carbocycles. The first-order valence-corrected chi connectivity index (χ1v) is 7.87. The minimum Gasteiger partial charge on any atom is -0.478 e. The number of aromatic carboxylic acids is 1. The van der Waals surface area contributed by atoms with Gasteiger partial charge in [0.05, 0.1) is 11.6 Å². The average Bonchev–Trinajstić information content (AvgIpc) is 2.49. The van der Waals surface area contributed by atoms with Crippen molar-refractivity contribution < 1.29 is 14.7 Å². The van der Waals surface area contributed by atoms with Gasteiger partial charge in [-0.2, -0.15) is 0 Å². The zero-order chi connectivity index (χ0) is 15.4. The molecule has 0 aliphatic carbocycles. The molecule has 1 aliphatic heterocycles. The summed E-state index contributed by atoms with van der Waals surface area (Å²) < 4.78 is 0.495. The lowest BCUT2D eigenvalue weighted by molar-refractivity contribution is -0.119. The van der Waals surface area contributed by atoms with Gasteiger partial charge in [-0.3, -0.25) is 4.79 Å². The summed E-state index contributed by atoms with van der Waals surface area (Å²) in [5, 5.41) is 15.1. The Morgan fingerprint density at radius 1 is 1.48 bits per heavy atom. The number of carboxylic acids is 1. The minimum absolute atomic E-state index is 0.105. The lowest BCUT2D eigenvalue weighted by Gasteiger charge is -2.28. The van der Waals surface area contributed by atoms with Crippen LogP contribution in [0.2, 0.25) is 0 Å². The van der Waals surface area contributed by atoms with Crippen LogP contribution in [0.25, 0.3) is 0 Å². The molecule has 0 radical (unpaired) electrons. The zero-order valence-electron chi connectivity index (χ0n) is 11.9. The molecule has 21 heavy (non-hydrogen) atoms. The largest absolute Gasteiger partial charge is 0.478 e. The van der Waals surface area contributed by atoms with Crippen LogP contribution in [0, 0.1) is 5.92 Å². The van der Waals surface area contributed by atoms with Crippen LogP contribution in [-0.4, -0.2) is 29.6 Å². The van der Waals surface area contributed by atoms with Crippen LogP contribution >= 0.6 is 15.9 Å². The van der Waals surface area contributed by atoms with Crippen molar-refractivity contribution in [1.29, 1.82) is 0 Å². The highest BCUT2D eigenvalue weighted by atomic mass is 79.9. The fourth-order valence-electron chi connectivity index (χ4n) is 2.56. The number of carbonyl (C=O) groups excluding carboxylic acids is 1. The van der Waals surface area contributed by atoms with Gasteiger partial charge in [-0.05, 0) is 59.4 Å². The van der Waals surface area contributed by atoms with Gasteiger partial charge < -0.3 is 15.7 Å². The van der Waals surface area contributed by atoms with Crippen molar-refractivity contribution in [3.05, 3.63) is 28.2 Å². The summed E-state index contributed by atoms with van der Waals surface area (Å²) in [6.45, 7) is 2.98. The molecule has 1 aromatic carbocycles. The Bertz CT molecular complexity index is 548. The Morgan fingerprint density at radius 2 is 2.24 bits per heavy atom. The molecule has 0 spiro atoms. The summed E-state index contributed by atoms with van der Waals surface area (Å²) in [7, 11) is 0. The summed E-state index contributed by atoms with van der Waals surface area (Å²) in [5.41, 5.74) is 0.636. The van der Waals surface area contributed by atoms with Gasteiger partial charge in [-0.25, -0.2) is 4.79 Å². The van der Waals surface area contributed by atoms with Gasteiger partial charge in [0.15, 0.2) is 0 Å². The average molecular weight is 355 g/mol. The molecular formula is C15H19BrN2O3. The summed E-state index contributed by atoms with van der Waals surface area (Å²) in [6.07, 6.45) is 3.00. The standard InChI is InChI=1S/C15H19BrN2O3/c1-2-9-5-6-17-13(7-9)14(19)18-10-3-4-12(16)11(8-10)15(20)21/h3-4,8-9,13,17H,2,5-7H2,1H3,(H,18,19)(H,20,21). The molecule has 1 amide bonds. The van der Waals surface area contributed by atoms with Gasteiger partial charge in [-0.15, -0.1) is 0 Å². The van der Waals surface area contributed by atoms with Crippen LogP contribution in [0.3, 0.4) is 0 Å². The van der Waals surface area contributed by atoms with Gasteiger partial charge in [0.2, 0.25) is 5.91 Å². The van der Waals surface area contributed by atoms with E-state index in [1.807, 2.05) is 0 Å². The van der Waals surface area contributed by atoms with Crippen molar-refractivity contribution in [2.75, 3.05) is 11.9 Å². The van der Waals surface area contributed by atoms with E-state index in [1.54, 1.807) is 12.1 Å². The Hall–Kier alpha value is -1.40. The molecular weight excluding hydrogens is 336 g/mol. The Morgan fingerprint density at radius 3 is 2.90 bits per heavy atom. The molecule has 114 valence electrons. The van der Waals surface area contributed by atoms with Gasteiger partial charge >= 0.3 is 5.97 Å². The molecule has 1 saturated heterocycles. The highest BCUT2D eigenvalue weighted by Gasteiger charge is 2.26. The fourth-order valence-corrected chi connectivity index (χ4v) is 2.98. The highest BCUT2D eigenvalue weighted by Crippen LogP contribution is 2.23. The summed E-state index contributed by atoms with van der Waals surface area (Å²) in [6, 6.07) is 4.57. The number of halogens is 1. The van der Waals surface area contributed by atoms with Crippen LogP contribution in [-0.2, 0) is 4.79 Å². The topological polar surface area (TPSA) is 78.4 Å². The van der Waals surface area contributed by atoms with E-state index in [-0.39, 0.29) is 17.5 Å². The minimum atomic E-state index is -1.03. The second-order valence-electron chi connectivity index (χ2n) is 5.29. The number of benzene rings is 1. The molecule has 0 aromatic heterocycles. The number of carboxylic acid groups (broad SMARTS) is 1. The van der Waals surface area contributed by atoms with Crippen LogP contribution < -0.4 is 10.6 Å². The van der Waals surface area contributed by atoms with E-state index >= 15 is 0 Å². The summed E-state index contributed by atoms with van der Waals surface area (Å²) in [4.78, 5) is 23.4. The summed E-state index contributed by atoms with van der Waals surface area (Å²) in [5.74, 6) is -0.562. The molecule has 2 atom stereocenters. The normalized spacial score (nSPS) is 21.8. The quantitative estimate of drug-likeness (QED) is 0.776. The number of nitrogens with one attached hydrogen (secondary N) is 2. The summed E-state index contributed by atoms with van der Waals surface area (Å²) >= 11 is 3.19. The van der Waals surface area contributed by atoms with Crippen molar-refractivity contribution in [2.45, 2.75) is 32.2 Å². The number of rotatable bonds is 4. The third-order valence-electron chi connectivity index (χ3n) is 3.87. The van der Waals surface area contributed by atoms with Crippen molar-refractivity contribution in [2.24, 2.45) is 5.92 Å². The molecule has 1 aromatic rings. The molecule has 5 nitrogen and oxygen atoms in total. The maximum atomic E-state index is 12.3. The first-order chi connectivity index (χ1) is 10.0. The first-order valence-electron chi connectivity index (χ1n) is 7.08. The molecule has 2 rings (SSSR count). The number of anilines is 1. The molecule has 1 aliphatic rings. The van der Waals surface area contributed by atoms with E-state index in [0.29, 0.717) is 16.1 Å². The lowest BCUT2D eigenvalue weighted by atomic mass is 9.90. The van der Waals surface area contributed by atoms with Gasteiger partial charge in [0, 0.05) is 10.2 Å². The van der Waals surface area contributed by atoms with E-state index in [2.05, 4.69) is 33.5 Å². The van der Waals surface area contributed by atoms with Crippen molar-refractivity contribution in [3.8, 4) is 0 Å². The van der Waals surface area contributed by atoms with Crippen LogP contribution in [0.4, 0.5) is 5.69 Å². The monoisotopic (exact) mass is 354 g/mol. The molecule has 1 fully saturated rings. The first kappa shape index (κ1) is 16.0. The van der Waals surface area contributed by atoms with E-state index in [0.717, 1.165) is 25.8 Å². The van der Waals surface area contributed by atoms with E-state index in [4.69, 9.17) is 5.11 Å². The van der Waals surface area contributed by atoms with Crippen molar-refractivity contribution >= 4 is 33.5 Å². The van der Waals surface area contributed by atoms with E-state index < -0.39 is 5.97 Å². The number of amides is 1. The molecule has 1 heterocycles. The van der Waals surface area contributed by atoms with Crippen molar-refractivity contribution in [3.63, 3.8) is 0 Å². The van der Waals surface area contributed by atoms with Crippen LogP contribution in [0.5, 0.6) is 0 Å². The van der Waals surface area contributed by atoms with E-state index in [1.165, 1.54) is 6.07 Å². The molecule has 6 heteroatoms. The van der Waals surface area contributed by atoms with Crippen LogP contribution in [0.1, 0.15) is 36.5 Å². The van der Waals surface area contributed by atoms with E-state index in [9.17, 15) is 9.59 Å². The lowest BCUT2D eigenvalue weighted by Crippen LogP contribution is -2.46. The third kappa shape index (κ3) is 4.04. The van der Waals surface area contributed by atoms with Crippen LogP contribution in [0.15, 0.2) is 22.7 Å². The number of hydrogen-bond donors (Lipinski definition) is 3.